The second kappa shape index (κ2) is 6.81. The number of carbonyl (C=O) groups excluding carboxylic acids is 3. The van der Waals surface area contributed by atoms with Gasteiger partial charge in [-0.1, -0.05) is 13.8 Å². The van der Waals surface area contributed by atoms with E-state index < -0.39 is 12.1 Å². The van der Waals surface area contributed by atoms with Gasteiger partial charge in [0.1, 0.15) is 0 Å². The predicted molar refractivity (Wildman–Crippen MR) is 59.8 cm³/mol. The van der Waals surface area contributed by atoms with Gasteiger partial charge in [-0.3, -0.25) is 15.4 Å². The van der Waals surface area contributed by atoms with Crippen LogP contribution in [0.25, 0.3) is 0 Å². The van der Waals surface area contributed by atoms with Crippen LogP contribution in [0, 0.1) is 5.92 Å². The standard InChI is InChI=1S/C10H19N3O3/c1-5-7(6-2)8(14)11-9(15)12-10(16)13(3)4/h7H,5-6H2,1-4H3,(H2,11,12,14,15,16). The third-order valence-corrected chi connectivity index (χ3v) is 2.22. The number of urea groups is 2. The molecule has 0 saturated carbocycles. The van der Waals surface area contributed by atoms with Gasteiger partial charge < -0.3 is 4.90 Å². The highest BCUT2D eigenvalue weighted by molar-refractivity contribution is 6.02. The van der Waals surface area contributed by atoms with Crippen LogP contribution in [0.2, 0.25) is 0 Å². The SMILES string of the molecule is CCC(CC)C(=O)NC(=O)NC(=O)N(C)C. The quantitative estimate of drug-likeness (QED) is 0.755. The van der Waals surface area contributed by atoms with Gasteiger partial charge in [0.15, 0.2) is 0 Å². The van der Waals surface area contributed by atoms with Gasteiger partial charge in [0.2, 0.25) is 5.91 Å². The number of carbonyl (C=O) groups is 3. The average molecular weight is 229 g/mol. The second-order valence-corrected chi connectivity index (χ2v) is 3.66. The van der Waals surface area contributed by atoms with Crippen molar-refractivity contribution < 1.29 is 14.4 Å². The van der Waals surface area contributed by atoms with Crippen molar-refractivity contribution in [3.63, 3.8) is 0 Å². The topological polar surface area (TPSA) is 78.5 Å². The predicted octanol–water partition coefficient (Wildman–Crippen LogP) is 0.930. The van der Waals surface area contributed by atoms with E-state index in [2.05, 4.69) is 5.32 Å². The molecule has 0 heterocycles. The molecule has 0 unspecified atom stereocenters. The van der Waals surface area contributed by atoms with Crippen LogP contribution in [-0.2, 0) is 4.79 Å². The highest BCUT2D eigenvalue weighted by atomic mass is 16.2. The third-order valence-electron chi connectivity index (χ3n) is 2.22. The molecular weight excluding hydrogens is 210 g/mol. The zero-order valence-corrected chi connectivity index (χ0v) is 10.2. The van der Waals surface area contributed by atoms with E-state index in [9.17, 15) is 14.4 Å². The summed E-state index contributed by atoms with van der Waals surface area (Å²) in [4.78, 5) is 35.0. The normalized spacial score (nSPS) is 9.81. The fourth-order valence-electron chi connectivity index (χ4n) is 1.11. The van der Waals surface area contributed by atoms with Crippen molar-refractivity contribution in [1.82, 2.24) is 15.5 Å². The number of nitrogens with one attached hydrogen (secondary N) is 2. The molecule has 16 heavy (non-hydrogen) atoms. The van der Waals surface area contributed by atoms with E-state index in [1.807, 2.05) is 19.2 Å². The molecule has 0 aliphatic heterocycles. The molecule has 0 spiro atoms. The lowest BCUT2D eigenvalue weighted by molar-refractivity contribution is -0.124. The van der Waals surface area contributed by atoms with Crippen LogP contribution in [0.15, 0.2) is 0 Å². The van der Waals surface area contributed by atoms with E-state index in [1.165, 1.54) is 19.0 Å². The van der Waals surface area contributed by atoms with Crippen LogP contribution in [0.1, 0.15) is 26.7 Å². The highest BCUT2D eigenvalue weighted by Gasteiger charge is 2.18. The molecule has 0 aromatic heterocycles. The second-order valence-electron chi connectivity index (χ2n) is 3.66. The molecule has 0 rings (SSSR count). The van der Waals surface area contributed by atoms with Gasteiger partial charge in [0, 0.05) is 20.0 Å². The Hall–Kier alpha value is -1.59. The van der Waals surface area contributed by atoms with Crippen molar-refractivity contribution >= 4 is 18.0 Å². The number of imide groups is 2. The van der Waals surface area contributed by atoms with E-state index in [0.29, 0.717) is 12.8 Å². The summed E-state index contributed by atoms with van der Waals surface area (Å²) in [6.07, 6.45) is 1.33. The lowest BCUT2D eigenvalue weighted by atomic mass is 10.0. The first-order valence-electron chi connectivity index (χ1n) is 5.25. The molecule has 0 atom stereocenters. The summed E-state index contributed by atoms with van der Waals surface area (Å²) in [5.41, 5.74) is 0. The van der Waals surface area contributed by atoms with Crippen molar-refractivity contribution in [2.45, 2.75) is 26.7 Å². The van der Waals surface area contributed by atoms with Gasteiger partial charge in [-0.2, -0.15) is 0 Å². The van der Waals surface area contributed by atoms with Gasteiger partial charge in [-0.15, -0.1) is 0 Å². The monoisotopic (exact) mass is 229 g/mol. The molecule has 0 fully saturated rings. The zero-order valence-electron chi connectivity index (χ0n) is 10.2. The number of nitrogens with zero attached hydrogens (tertiary/aromatic N) is 1. The lowest BCUT2D eigenvalue weighted by Crippen LogP contribution is -2.47. The van der Waals surface area contributed by atoms with Gasteiger partial charge >= 0.3 is 12.1 Å². The number of hydrogen-bond donors (Lipinski definition) is 2. The van der Waals surface area contributed by atoms with E-state index in [0.717, 1.165) is 0 Å². The first-order chi connectivity index (χ1) is 7.42. The molecule has 0 aliphatic rings. The van der Waals surface area contributed by atoms with Crippen molar-refractivity contribution in [2.24, 2.45) is 5.92 Å². The number of hydrogen-bond acceptors (Lipinski definition) is 3. The molecule has 0 aromatic carbocycles. The average Bonchev–Trinajstić information content (AvgIpc) is 2.18. The van der Waals surface area contributed by atoms with E-state index in [1.54, 1.807) is 0 Å². The summed E-state index contributed by atoms with van der Waals surface area (Å²) in [6.45, 7) is 3.74. The Morgan fingerprint density at radius 2 is 1.56 bits per heavy atom. The molecule has 0 radical (unpaired) electrons. The van der Waals surface area contributed by atoms with Crippen LogP contribution >= 0.6 is 0 Å². The van der Waals surface area contributed by atoms with Crippen molar-refractivity contribution in [1.29, 1.82) is 0 Å². The minimum atomic E-state index is -0.782. The maximum absolute atomic E-state index is 11.5. The molecular formula is C10H19N3O3. The molecule has 0 aliphatic carbocycles. The Bertz CT molecular complexity index is 272. The van der Waals surface area contributed by atoms with E-state index in [-0.39, 0.29) is 11.8 Å². The molecule has 5 amide bonds. The highest BCUT2D eigenvalue weighted by Crippen LogP contribution is 2.06. The van der Waals surface area contributed by atoms with Crippen molar-refractivity contribution in [2.75, 3.05) is 14.1 Å². The molecule has 0 bridgehead atoms. The summed E-state index contributed by atoms with van der Waals surface area (Å²) in [6, 6.07) is -1.34. The fourth-order valence-corrected chi connectivity index (χ4v) is 1.11. The smallest absolute Gasteiger partial charge is 0.329 e. The van der Waals surface area contributed by atoms with Crippen molar-refractivity contribution in [3.8, 4) is 0 Å². The Labute approximate surface area is 95.4 Å². The Kier molecular flexibility index (Phi) is 6.14. The number of rotatable bonds is 3. The maximum Gasteiger partial charge on any atom is 0.329 e. The van der Waals surface area contributed by atoms with Crippen LogP contribution in [-0.4, -0.2) is 37.0 Å². The van der Waals surface area contributed by atoms with Gasteiger partial charge in [-0.05, 0) is 12.8 Å². The van der Waals surface area contributed by atoms with Crippen molar-refractivity contribution in [3.05, 3.63) is 0 Å². The lowest BCUT2D eigenvalue weighted by Gasteiger charge is -2.14. The minimum Gasteiger partial charge on any atom is -0.331 e. The van der Waals surface area contributed by atoms with Crippen LogP contribution in [0.3, 0.4) is 0 Å². The van der Waals surface area contributed by atoms with Crippen LogP contribution in [0.5, 0.6) is 0 Å². The molecule has 2 N–H and O–H groups in total. The van der Waals surface area contributed by atoms with E-state index >= 15 is 0 Å². The first kappa shape index (κ1) is 14.4. The van der Waals surface area contributed by atoms with Gasteiger partial charge in [0.25, 0.3) is 0 Å². The third kappa shape index (κ3) is 4.77. The summed E-state index contributed by atoms with van der Waals surface area (Å²) in [7, 11) is 3.01. The molecule has 0 aromatic rings. The molecule has 0 saturated heterocycles. The summed E-state index contributed by atoms with van der Waals surface area (Å²) >= 11 is 0. The Morgan fingerprint density at radius 3 is 1.94 bits per heavy atom. The largest absolute Gasteiger partial charge is 0.331 e. The summed E-state index contributed by atoms with van der Waals surface area (Å²) in [5, 5.41) is 4.16. The minimum absolute atomic E-state index is 0.194. The molecule has 6 heteroatoms. The van der Waals surface area contributed by atoms with Gasteiger partial charge in [-0.25, -0.2) is 9.59 Å². The van der Waals surface area contributed by atoms with Crippen LogP contribution in [0.4, 0.5) is 9.59 Å². The Morgan fingerprint density at radius 1 is 1.06 bits per heavy atom. The van der Waals surface area contributed by atoms with Crippen LogP contribution < -0.4 is 10.6 Å². The molecule has 6 nitrogen and oxygen atoms in total. The zero-order chi connectivity index (χ0) is 12.7. The summed E-state index contributed by atoms with van der Waals surface area (Å²) in [5.74, 6) is -0.547. The molecule has 92 valence electrons. The maximum atomic E-state index is 11.5. The fraction of sp³-hybridized carbons (Fsp3) is 0.700. The van der Waals surface area contributed by atoms with Gasteiger partial charge in [0.05, 0.1) is 0 Å². The summed E-state index contributed by atoms with van der Waals surface area (Å²) < 4.78 is 0. The first-order valence-corrected chi connectivity index (χ1v) is 5.25. The Balaban J connectivity index is 4.15. The van der Waals surface area contributed by atoms with E-state index in [4.69, 9.17) is 0 Å². The number of amides is 5.